The normalized spacial score (nSPS) is 17.5. The Morgan fingerprint density at radius 2 is 2.04 bits per heavy atom. The van der Waals surface area contributed by atoms with Gasteiger partial charge in [-0.1, -0.05) is 20.3 Å². The SMILES string of the molecule is CCCCOC(=O)C(C)N1C(=O)C(C)Oc2ccc(C(=O)CC)cc21. The van der Waals surface area contributed by atoms with Crippen LogP contribution in [0, 0.1) is 0 Å². The third kappa shape index (κ3) is 4.00. The molecule has 136 valence electrons. The number of carbonyl (C=O) groups excluding carboxylic acids is 3. The number of anilines is 1. The van der Waals surface area contributed by atoms with Gasteiger partial charge in [-0.05, 0) is 38.5 Å². The number of amides is 1. The van der Waals surface area contributed by atoms with Crippen molar-refractivity contribution in [3.05, 3.63) is 23.8 Å². The van der Waals surface area contributed by atoms with Crippen LogP contribution in [0.15, 0.2) is 18.2 Å². The minimum absolute atomic E-state index is 0.0352. The number of fused-ring (bicyclic) bond motifs is 1. The van der Waals surface area contributed by atoms with Crippen LogP contribution in [-0.2, 0) is 14.3 Å². The average Bonchev–Trinajstić information content (AvgIpc) is 2.61. The number of benzene rings is 1. The van der Waals surface area contributed by atoms with Crippen molar-refractivity contribution in [2.75, 3.05) is 11.5 Å². The van der Waals surface area contributed by atoms with E-state index in [9.17, 15) is 14.4 Å². The molecular weight excluding hydrogens is 322 g/mol. The largest absolute Gasteiger partial charge is 0.479 e. The molecule has 1 heterocycles. The van der Waals surface area contributed by atoms with Crippen molar-refractivity contribution in [2.24, 2.45) is 0 Å². The lowest BCUT2D eigenvalue weighted by molar-refractivity contribution is -0.146. The summed E-state index contributed by atoms with van der Waals surface area (Å²) in [7, 11) is 0. The number of rotatable bonds is 7. The van der Waals surface area contributed by atoms with Gasteiger partial charge in [-0.2, -0.15) is 0 Å². The molecule has 0 aliphatic carbocycles. The van der Waals surface area contributed by atoms with Gasteiger partial charge in [0.1, 0.15) is 11.8 Å². The highest BCUT2D eigenvalue weighted by molar-refractivity contribution is 6.06. The van der Waals surface area contributed by atoms with E-state index in [1.54, 1.807) is 39.0 Å². The Balaban J connectivity index is 2.35. The number of carbonyl (C=O) groups is 3. The quantitative estimate of drug-likeness (QED) is 0.430. The summed E-state index contributed by atoms with van der Waals surface area (Å²) in [5.41, 5.74) is 0.922. The fourth-order valence-electron chi connectivity index (χ4n) is 2.68. The van der Waals surface area contributed by atoms with Crippen molar-refractivity contribution >= 4 is 23.3 Å². The molecule has 0 saturated heterocycles. The van der Waals surface area contributed by atoms with Crippen LogP contribution in [-0.4, -0.2) is 36.4 Å². The molecule has 0 radical (unpaired) electrons. The number of unbranched alkanes of at least 4 members (excludes halogenated alkanes) is 1. The number of hydrogen-bond donors (Lipinski definition) is 0. The number of ketones is 1. The van der Waals surface area contributed by atoms with Gasteiger partial charge in [0.05, 0.1) is 12.3 Å². The first-order valence-electron chi connectivity index (χ1n) is 8.74. The van der Waals surface area contributed by atoms with Gasteiger partial charge in [0.2, 0.25) is 0 Å². The van der Waals surface area contributed by atoms with Gasteiger partial charge in [-0.3, -0.25) is 14.5 Å². The lowest BCUT2D eigenvalue weighted by Gasteiger charge is -2.36. The highest BCUT2D eigenvalue weighted by Crippen LogP contribution is 2.36. The molecule has 6 heteroatoms. The van der Waals surface area contributed by atoms with Gasteiger partial charge >= 0.3 is 5.97 Å². The smallest absolute Gasteiger partial charge is 0.328 e. The first-order valence-corrected chi connectivity index (χ1v) is 8.74. The van der Waals surface area contributed by atoms with Gasteiger partial charge in [0.15, 0.2) is 11.9 Å². The second-order valence-electron chi connectivity index (χ2n) is 6.12. The van der Waals surface area contributed by atoms with Crippen LogP contribution in [0.2, 0.25) is 0 Å². The second-order valence-corrected chi connectivity index (χ2v) is 6.12. The summed E-state index contributed by atoms with van der Waals surface area (Å²) in [6.45, 7) is 7.37. The van der Waals surface area contributed by atoms with E-state index < -0.39 is 18.1 Å². The molecule has 0 aromatic heterocycles. The maximum atomic E-state index is 12.6. The number of hydrogen-bond acceptors (Lipinski definition) is 5. The zero-order valence-corrected chi connectivity index (χ0v) is 15.2. The molecule has 0 bridgehead atoms. The number of ether oxygens (including phenoxy) is 2. The molecule has 2 unspecified atom stereocenters. The molecule has 25 heavy (non-hydrogen) atoms. The third-order valence-corrected chi connectivity index (χ3v) is 4.22. The van der Waals surface area contributed by atoms with Crippen LogP contribution >= 0.6 is 0 Å². The summed E-state index contributed by atoms with van der Waals surface area (Å²) in [6, 6.07) is 4.17. The van der Waals surface area contributed by atoms with Gasteiger partial charge in [0.25, 0.3) is 5.91 Å². The van der Waals surface area contributed by atoms with E-state index in [-0.39, 0.29) is 11.7 Å². The minimum atomic E-state index is -0.790. The van der Waals surface area contributed by atoms with Crippen molar-refractivity contribution in [3.8, 4) is 5.75 Å². The molecule has 1 aromatic carbocycles. The molecule has 0 fully saturated rings. The summed E-state index contributed by atoms with van der Waals surface area (Å²) >= 11 is 0. The predicted molar refractivity (Wildman–Crippen MR) is 94.0 cm³/mol. The molecule has 2 rings (SSSR count). The number of Topliss-reactive ketones (excluding diaryl/α,β-unsaturated/α-hetero) is 1. The van der Waals surface area contributed by atoms with Crippen LogP contribution in [0.5, 0.6) is 5.75 Å². The second kappa shape index (κ2) is 8.14. The van der Waals surface area contributed by atoms with E-state index in [1.807, 2.05) is 6.92 Å². The van der Waals surface area contributed by atoms with E-state index in [0.717, 1.165) is 12.8 Å². The Kier molecular flexibility index (Phi) is 6.17. The van der Waals surface area contributed by atoms with Crippen molar-refractivity contribution in [1.29, 1.82) is 0 Å². The van der Waals surface area contributed by atoms with Gasteiger partial charge in [0, 0.05) is 12.0 Å². The lowest BCUT2D eigenvalue weighted by atomic mass is 10.0. The van der Waals surface area contributed by atoms with E-state index in [4.69, 9.17) is 9.47 Å². The topological polar surface area (TPSA) is 72.9 Å². The Labute approximate surface area is 148 Å². The molecule has 1 aromatic rings. The molecule has 1 aliphatic rings. The minimum Gasteiger partial charge on any atom is -0.479 e. The van der Waals surface area contributed by atoms with Crippen LogP contribution in [0.1, 0.15) is 57.3 Å². The van der Waals surface area contributed by atoms with E-state index in [0.29, 0.717) is 30.0 Å². The Hall–Kier alpha value is -2.37. The fourth-order valence-corrected chi connectivity index (χ4v) is 2.68. The van der Waals surface area contributed by atoms with Gasteiger partial charge < -0.3 is 9.47 Å². The highest BCUT2D eigenvalue weighted by atomic mass is 16.5. The summed E-state index contributed by atoms with van der Waals surface area (Å²) in [6.07, 6.45) is 1.35. The predicted octanol–water partition coefficient (Wildman–Crippen LogP) is 3.13. The molecule has 0 spiro atoms. The number of esters is 1. The first-order chi connectivity index (χ1) is 11.9. The molecule has 0 N–H and O–H groups in total. The van der Waals surface area contributed by atoms with Crippen molar-refractivity contribution in [1.82, 2.24) is 0 Å². The first kappa shape index (κ1) is 19.0. The third-order valence-electron chi connectivity index (χ3n) is 4.22. The van der Waals surface area contributed by atoms with E-state index in [2.05, 4.69) is 0 Å². The van der Waals surface area contributed by atoms with Crippen LogP contribution in [0.4, 0.5) is 5.69 Å². The highest BCUT2D eigenvalue weighted by Gasteiger charge is 2.38. The standard InChI is InChI=1S/C19H25NO5/c1-5-7-10-24-19(23)12(3)20-15-11-14(16(21)6-2)8-9-17(15)25-13(4)18(20)22/h8-9,11-13H,5-7,10H2,1-4H3. The monoisotopic (exact) mass is 347 g/mol. The molecule has 1 aliphatic heterocycles. The van der Waals surface area contributed by atoms with Crippen LogP contribution in [0.3, 0.4) is 0 Å². The van der Waals surface area contributed by atoms with Gasteiger partial charge in [-0.25, -0.2) is 4.79 Å². The maximum Gasteiger partial charge on any atom is 0.328 e. The van der Waals surface area contributed by atoms with E-state index >= 15 is 0 Å². The molecule has 1 amide bonds. The summed E-state index contributed by atoms with van der Waals surface area (Å²) in [5, 5.41) is 0. The molecule has 0 saturated carbocycles. The van der Waals surface area contributed by atoms with E-state index in [1.165, 1.54) is 4.90 Å². The summed E-state index contributed by atoms with van der Waals surface area (Å²) in [5.74, 6) is -0.345. The van der Waals surface area contributed by atoms with Gasteiger partial charge in [-0.15, -0.1) is 0 Å². The number of nitrogens with zero attached hydrogens (tertiary/aromatic N) is 1. The molecule has 6 nitrogen and oxygen atoms in total. The average molecular weight is 347 g/mol. The lowest BCUT2D eigenvalue weighted by Crippen LogP contribution is -2.52. The molecular formula is C19H25NO5. The maximum absolute atomic E-state index is 12.6. The van der Waals surface area contributed by atoms with Crippen molar-refractivity contribution in [3.63, 3.8) is 0 Å². The van der Waals surface area contributed by atoms with Crippen molar-refractivity contribution in [2.45, 2.75) is 59.1 Å². The summed E-state index contributed by atoms with van der Waals surface area (Å²) in [4.78, 5) is 38.3. The van der Waals surface area contributed by atoms with Crippen molar-refractivity contribution < 1.29 is 23.9 Å². The Bertz CT molecular complexity index is 670. The zero-order chi connectivity index (χ0) is 18.6. The van der Waals surface area contributed by atoms with Crippen LogP contribution < -0.4 is 9.64 Å². The van der Waals surface area contributed by atoms with Crippen LogP contribution in [0.25, 0.3) is 0 Å². The summed E-state index contributed by atoms with van der Waals surface area (Å²) < 4.78 is 10.9. The zero-order valence-electron chi connectivity index (χ0n) is 15.2. The Morgan fingerprint density at radius 1 is 1.32 bits per heavy atom. The molecule has 2 atom stereocenters. The fraction of sp³-hybridized carbons (Fsp3) is 0.526. The Morgan fingerprint density at radius 3 is 2.68 bits per heavy atom.